The van der Waals surface area contributed by atoms with E-state index in [0.29, 0.717) is 11.5 Å². The molecule has 3 rings (SSSR count). The molecular formula is C17H16O2. The molecule has 1 aliphatic rings. The van der Waals surface area contributed by atoms with E-state index in [0.717, 1.165) is 24.8 Å². The van der Waals surface area contributed by atoms with E-state index in [4.69, 9.17) is 0 Å². The lowest BCUT2D eigenvalue weighted by Crippen LogP contribution is -1.86. The summed E-state index contributed by atoms with van der Waals surface area (Å²) in [4.78, 5) is 0. The maximum atomic E-state index is 9.55. The Kier molecular flexibility index (Phi) is 3.00. The zero-order valence-corrected chi connectivity index (χ0v) is 10.6. The SMILES string of the molecule is Oc1ccc(C2=Cc3ccc(O)cc3CCC2)cc1. The average molecular weight is 252 g/mol. The molecule has 2 N–H and O–H groups in total. The fraction of sp³-hybridized carbons (Fsp3) is 0.176. The minimum Gasteiger partial charge on any atom is -0.508 e. The van der Waals surface area contributed by atoms with Gasteiger partial charge in [-0.2, -0.15) is 0 Å². The molecule has 19 heavy (non-hydrogen) atoms. The highest BCUT2D eigenvalue weighted by molar-refractivity contribution is 5.83. The van der Waals surface area contributed by atoms with Crippen molar-refractivity contribution in [3.8, 4) is 11.5 Å². The Morgan fingerprint density at radius 2 is 1.53 bits per heavy atom. The summed E-state index contributed by atoms with van der Waals surface area (Å²) in [7, 11) is 0. The fourth-order valence-electron chi connectivity index (χ4n) is 2.58. The Morgan fingerprint density at radius 3 is 2.32 bits per heavy atom. The molecular weight excluding hydrogens is 236 g/mol. The molecule has 0 heterocycles. The van der Waals surface area contributed by atoms with Gasteiger partial charge in [-0.15, -0.1) is 0 Å². The molecule has 96 valence electrons. The predicted octanol–water partition coefficient (Wildman–Crippen LogP) is 3.97. The van der Waals surface area contributed by atoms with Crippen LogP contribution in [0.15, 0.2) is 42.5 Å². The molecule has 0 unspecified atom stereocenters. The molecule has 2 heteroatoms. The number of hydrogen-bond donors (Lipinski definition) is 2. The second-order valence-electron chi connectivity index (χ2n) is 4.95. The van der Waals surface area contributed by atoms with Crippen LogP contribution in [0.25, 0.3) is 11.6 Å². The van der Waals surface area contributed by atoms with Crippen LogP contribution >= 0.6 is 0 Å². The standard InChI is InChI=1S/C17H16O2/c18-16-7-4-12(5-8-16)13-2-1-3-14-11-17(19)9-6-15(14)10-13/h4-11,18-19H,1-3H2. The Hall–Kier alpha value is -2.22. The van der Waals surface area contributed by atoms with Gasteiger partial charge in [0.25, 0.3) is 0 Å². The number of aryl methyl sites for hydroxylation is 1. The summed E-state index contributed by atoms with van der Waals surface area (Å²) in [5, 5.41) is 18.9. The van der Waals surface area contributed by atoms with Gasteiger partial charge in [-0.05, 0) is 65.8 Å². The molecule has 2 aromatic rings. The molecule has 2 aromatic carbocycles. The van der Waals surface area contributed by atoms with E-state index in [1.165, 1.54) is 16.7 Å². The summed E-state index contributed by atoms with van der Waals surface area (Å²) in [6.07, 6.45) is 5.26. The van der Waals surface area contributed by atoms with Gasteiger partial charge in [-0.3, -0.25) is 0 Å². The number of hydrogen-bond acceptors (Lipinski definition) is 2. The van der Waals surface area contributed by atoms with Crippen LogP contribution in [0.2, 0.25) is 0 Å². The van der Waals surface area contributed by atoms with E-state index in [2.05, 4.69) is 6.08 Å². The van der Waals surface area contributed by atoms with Crippen molar-refractivity contribution in [3.63, 3.8) is 0 Å². The lowest BCUT2D eigenvalue weighted by Gasteiger charge is -2.05. The molecule has 0 aromatic heterocycles. The van der Waals surface area contributed by atoms with Crippen LogP contribution in [0.3, 0.4) is 0 Å². The van der Waals surface area contributed by atoms with Crippen molar-refractivity contribution in [2.75, 3.05) is 0 Å². The zero-order chi connectivity index (χ0) is 13.2. The van der Waals surface area contributed by atoms with Gasteiger partial charge >= 0.3 is 0 Å². The normalized spacial score (nSPS) is 14.4. The maximum absolute atomic E-state index is 9.55. The highest BCUT2D eigenvalue weighted by Crippen LogP contribution is 2.31. The third kappa shape index (κ3) is 2.48. The van der Waals surface area contributed by atoms with Gasteiger partial charge in [0, 0.05) is 0 Å². The van der Waals surface area contributed by atoms with Crippen molar-refractivity contribution in [2.24, 2.45) is 0 Å². The van der Waals surface area contributed by atoms with Crippen molar-refractivity contribution in [3.05, 3.63) is 59.2 Å². The lowest BCUT2D eigenvalue weighted by molar-refractivity contribution is 0.474. The Morgan fingerprint density at radius 1 is 0.789 bits per heavy atom. The molecule has 0 saturated heterocycles. The molecule has 2 nitrogen and oxygen atoms in total. The third-order valence-electron chi connectivity index (χ3n) is 3.59. The fourth-order valence-corrected chi connectivity index (χ4v) is 2.58. The number of rotatable bonds is 1. The van der Waals surface area contributed by atoms with Crippen LogP contribution in [-0.4, -0.2) is 10.2 Å². The van der Waals surface area contributed by atoms with Crippen LogP contribution < -0.4 is 0 Å². The molecule has 1 aliphatic carbocycles. The van der Waals surface area contributed by atoms with Crippen molar-refractivity contribution >= 4 is 11.6 Å². The summed E-state index contributed by atoms with van der Waals surface area (Å²) < 4.78 is 0. The lowest BCUT2D eigenvalue weighted by atomic mass is 10.0. The Bertz CT molecular complexity index is 624. The number of benzene rings is 2. The highest BCUT2D eigenvalue weighted by Gasteiger charge is 2.10. The maximum Gasteiger partial charge on any atom is 0.115 e. The first-order valence-electron chi connectivity index (χ1n) is 6.54. The van der Waals surface area contributed by atoms with E-state index in [-0.39, 0.29) is 0 Å². The van der Waals surface area contributed by atoms with Crippen molar-refractivity contribution in [1.82, 2.24) is 0 Å². The van der Waals surface area contributed by atoms with Crippen molar-refractivity contribution < 1.29 is 10.2 Å². The molecule has 0 bridgehead atoms. The van der Waals surface area contributed by atoms with Crippen LogP contribution in [0.5, 0.6) is 11.5 Å². The number of allylic oxidation sites excluding steroid dienone is 1. The van der Waals surface area contributed by atoms with Crippen molar-refractivity contribution in [1.29, 1.82) is 0 Å². The first-order chi connectivity index (χ1) is 9.22. The van der Waals surface area contributed by atoms with E-state index in [1.54, 1.807) is 18.2 Å². The summed E-state index contributed by atoms with van der Waals surface area (Å²) in [6.45, 7) is 0. The zero-order valence-electron chi connectivity index (χ0n) is 10.6. The van der Waals surface area contributed by atoms with Gasteiger partial charge in [0.2, 0.25) is 0 Å². The van der Waals surface area contributed by atoms with Crippen LogP contribution in [0.1, 0.15) is 29.5 Å². The molecule has 0 aliphatic heterocycles. The first-order valence-corrected chi connectivity index (χ1v) is 6.54. The van der Waals surface area contributed by atoms with Crippen LogP contribution in [0, 0.1) is 0 Å². The van der Waals surface area contributed by atoms with Crippen LogP contribution in [-0.2, 0) is 6.42 Å². The van der Waals surface area contributed by atoms with Gasteiger partial charge < -0.3 is 10.2 Å². The predicted molar refractivity (Wildman–Crippen MR) is 77.0 cm³/mol. The first kappa shape index (κ1) is 11.8. The minimum atomic E-state index is 0.295. The second kappa shape index (κ2) is 4.81. The summed E-state index contributed by atoms with van der Waals surface area (Å²) >= 11 is 0. The third-order valence-corrected chi connectivity index (χ3v) is 3.59. The number of fused-ring (bicyclic) bond motifs is 1. The number of aromatic hydroxyl groups is 2. The second-order valence-corrected chi connectivity index (χ2v) is 4.95. The Labute approximate surface area is 112 Å². The summed E-state index contributed by atoms with van der Waals surface area (Å²) in [5.41, 5.74) is 4.82. The van der Waals surface area contributed by atoms with Gasteiger partial charge in [-0.1, -0.05) is 24.3 Å². The smallest absolute Gasteiger partial charge is 0.115 e. The van der Waals surface area contributed by atoms with Crippen LogP contribution in [0.4, 0.5) is 0 Å². The topological polar surface area (TPSA) is 40.5 Å². The van der Waals surface area contributed by atoms with E-state index in [1.807, 2.05) is 24.3 Å². The van der Waals surface area contributed by atoms with Gasteiger partial charge in [0.15, 0.2) is 0 Å². The number of phenols is 2. The average Bonchev–Trinajstić information content (AvgIpc) is 2.61. The summed E-state index contributed by atoms with van der Waals surface area (Å²) in [5.74, 6) is 0.628. The minimum absolute atomic E-state index is 0.295. The van der Waals surface area contributed by atoms with E-state index >= 15 is 0 Å². The quantitative estimate of drug-likeness (QED) is 0.806. The van der Waals surface area contributed by atoms with Gasteiger partial charge in [0.1, 0.15) is 11.5 Å². The largest absolute Gasteiger partial charge is 0.508 e. The Balaban J connectivity index is 2.03. The van der Waals surface area contributed by atoms with Gasteiger partial charge in [-0.25, -0.2) is 0 Å². The molecule has 0 fully saturated rings. The highest BCUT2D eigenvalue weighted by atomic mass is 16.3. The summed E-state index contributed by atoms with van der Waals surface area (Å²) in [6, 6.07) is 12.9. The molecule has 0 saturated carbocycles. The van der Waals surface area contributed by atoms with Crippen molar-refractivity contribution in [2.45, 2.75) is 19.3 Å². The molecule has 0 amide bonds. The molecule has 0 spiro atoms. The monoisotopic (exact) mass is 252 g/mol. The number of phenolic OH excluding ortho intramolecular Hbond substituents is 2. The van der Waals surface area contributed by atoms with Gasteiger partial charge in [0.05, 0.1) is 0 Å². The molecule has 0 radical (unpaired) electrons. The van der Waals surface area contributed by atoms with E-state index < -0.39 is 0 Å². The van der Waals surface area contributed by atoms with E-state index in [9.17, 15) is 10.2 Å². The molecule has 0 atom stereocenters.